The van der Waals surface area contributed by atoms with Crippen LogP contribution in [-0.2, 0) is 0 Å². The van der Waals surface area contributed by atoms with Gasteiger partial charge in [0.25, 0.3) is 0 Å². The fourth-order valence-electron chi connectivity index (χ4n) is 0.105. The average Bonchev–Trinajstić information content (AvgIpc) is 1.35. The number of rotatable bonds is 1. The van der Waals surface area contributed by atoms with Gasteiger partial charge < -0.3 is 0 Å². The van der Waals surface area contributed by atoms with Gasteiger partial charge in [-0.05, 0) is 11.8 Å². The summed E-state index contributed by atoms with van der Waals surface area (Å²) in [5, 5.41) is 10.4. The molecule has 0 aromatic rings. The zero-order valence-corrected chi connectivity index (χ0v) is 4.75. The smallest absolute Gasteiger partial charge is 0.185 e. The van der Waals surface area contributed by atoms with E-state index in [0.717, 1.165) is 0 Å². The molecule has 0 bridgehead atoms. The third-order valence-electron chi connectivity index (χ3n) is 0.288. The Hall–Kier alpha value is -0.160. The lowest BCUT2D eigenvalue weighted by Gasteiger charge is -1.87. The van der Waals surface area contributed by atoms with E-state index in [1.807, 2.05) is 19.2 Å². The van der Waals surface area contributed by atoms with Gasteiger partial charge in [-0.2, -0.15) is 5.26 Å². The van der Waals surface area contributed by atoms with E-state index < -0.39 is 0 Å². The molecular formula is C4H8NS+. The normalized spacial score (nSPS) is 8.33. The molecule has 0 aliphatic rings. The molecule has 0 spiro atoms. The van der Waals surface area contributed by atoms with E-state index in [1.54, 1.807) is 0 Å². The molecule has 0 aliphatic heterocycles. The lowest BCUT2D eigenvalue weighted by molar-refractivity contribution is 1.12. The number of hydrogen-bond acceptors (Lipinski definition) is 2. The standard InChI is InChI=1S/C4H7NS/c1-4(2)6-3-5/h4H,1-2H3/p+1. The van der Waals surface area contributed by atoms with Crippen molar-refractivity contribution in [3.8, 4) is 5.40 Å². The third kappa shape index (κ3) is 3.84. The van der Waals surface area contributed by atoms with Crippen molar-refractivity contribution in [3.05, 3.63) is 0 Å². The van der Waals surface area contributed by atoms with Crippen molar-refractivity contribution in [1.82, 2.24) is 0 Å². The molecule has 0 aliphatic carbocycles. The van der Waals surface area contributed by atoms with E-state index >= 15 is 0 Å². The van der Waals surface area contributed by atoms with Crippen molar-refractivity contribution in [1.29, 1.82) is 5.26 Å². The Morgan fingerprint density at radius 1 is 1.83 bits per heavy atom. The Morgan fingerprint density at radius 2 is 2.33 bits per heavy atom. The Labute approximate surface area is 43.8 Å². The molecular weight excluding hydrogens is 94.1 g/mol. The monoisotopic (exact) mass is 102 g/mol. The summed E-state index contributed by atoms with van der Waals surface area (Å²) in [4.78, 5) is 0. The summed E-state index contributed by atoms with van der Waals surface area (Å²) in [6.45, 7) is 3.99. The molecule has 6 heavy (non-hydrogen) atoms. The first-order valence-electron chi connectivity index (χ1n) is 1.82. The van der Waals surface area contributed by atoms with Gasteiger partial charge in [-0.25, -0.2) is 0 Å². The van der Waals surface area contributed by atoms with Gasteiger partial charge in [0.05, 0.1) is 0 Å². The van der Waals surface area contributed by atoms with Gasteiger partial charge >= 0.3 is 1.43 Å². The first kappa shape index (κ1) is 5.84. The minimum absolute atomic E-state index is 0. The van der Waals surface area contributed by atoms with Crippen LogP contribution in [0.2, 0.25) is 0 Å². The van der Waals surface area contributed by atoms with E-state index in [4.69, 9.17) is 5.26 Å². The summed E-state index contributed by atoms with van der Waals surface area (Å²) < 4.78 is 0. The highest BCUT2D eigenvalue weighted by Crippen LogP contribution is 2.03. The summed E-state index contributed by atoms with van der Waals surface area (Å²) >= 11 is 1.29. The van der Waals surface area contributed by atoms with Crippen molar-refractivity contribution in [2.24, 2.45) is 0 Å². The minimum atomic E-state index is 0. The number of nitrogens with zero attached hydrogens (tertiary/aromatic N) is 1. The molecule has 0 N–H and O–H groups in total. The third-order valence-corrected chi connectivity index (χ3v) is 0.865. The molecule has 0 aromatic carbocycles. The van der Waals surface area contributed by atoms with Crippen molar-refractivity contribution in [2.75, 3.05) is 0 Å². The zero-order valence-electron chi connectivity index (χ0n) is 4.93. The van der Waals surface area contributed by atoms with E-state index in [9.17, 15) is 0 Å². The largest absolute Gasteiger partial charge is 1.00 e. The highest BCUT2D eigenvalue weighted by atomic mass is 32.2. The molecule has 0 amide bonds. The highest BCUT2D eigenvalue weighted by molar-refractivity contribution is 8.04. The van der Waals surface area contributed by atoms with E-state index in [2.05, 4.69) is 0 Å². The zero-order chi connectivity index (χ0) is 4.99. The fraction of sp³-hybridized carbons (Fsp3) is 0.750. The molecule has 1 nitrogen and oxygen atoms in total. The molecule has 0 aromatic heterocycles. The van der Waals surface area contributed by atoms with Crippen LogP contribution in [0.15, 0.2) is 0 Å². The number of thioether (sulfide) groups is 1. The summed E-state index contributed by atoms with van der Waals surface area (Å²) in [5.41, 5.74) is 0. The quantitative estimate of drug-likeness (QED) is 0.471. The maximum absolute atomic E-state index is 7.95. The Balaban J connectivity index is 0. The lowest BCUT2D eigenvalue weighted by atomic mass is 10.6. The summed E-state index contributed by atoms with van der Waals surface area (Å²) in [6.07, 6.45) is 0. The summed E-state index contributed by atoms with van der Waals surface area (Å²) in [7, 11) is 0. The minimum Gasteiger partial charge on any atom is -0.185 e. The molecule has 0 radical (unpaired) electrons. The predicted octanol–water partition coefficient (Wildman–Crippen LogP) is 1.72. The molecule has 0 heterocycles. The average molecular weight is 102 g/mol. The first-order chi connectivity index (χ1) is 2.77. The molecule has 0 rings (SSSR count). The number of thiocyanates is 1. The first-order valence-corrected chi connectivity index (χ1v) is 2.70. The number of hydrogen-bond donors (Lipinski definition) is 0. The Kier molecular flexibility index (Phi) is 2.97. The van der Waals surface area contributed by atoms with Gasteiger partial charge in [0.15, 0.2) is 0 Å². The van der Waals surface area contributed by atoms with Crippen LogP contribution in [0.1, 0.15) is 15.3 Å². The predicted molar refractivity (Wildman–Crippen MR) is 29.5 cm³/mol. The second-order valence-electron chi connectivity index (χ2n) is 1.26. The molecule has 0 atom stereocenters. The molecule has 0 saturated carbocycles. The Bertz CT molecular complexity index is 66.6. The van der Waals surface area contributed by atoms with Crippen LogP contribution in [0.4, 0.5) is 0 Å². The van der Waals surface area contributed by atoms with Gasteiger partial charge in [-0.1, -0.05) is 13.8 Å². The maximum atomic E-state index is 7.95. The van der Waals surface area contributed by atoms with Crippen molar-refractivity contribution in [3.63, 3.8) is 0 Å². The van der Waals surface area contributed by atoms with Gasteiger partial charge in [0.2, 0.25) is 0 Å². The van der Waals surface area contributed by atoms with Crippen molar-refractivity contribution in [2.45, 2.75) is 19.1 Å². The highest BCUT2D eigenvalue weighted by Gasteiger charge is 1.86. The lowest BCUT2D eigenvalue weighted by Crippen LogP contribution is -1.79. The van der Waals surface area contributed by atoms with Gasteiger partial charge in [-0.15, -0.1) is 0 Å². The molecule has 0 fully saturated rings. The van der Waals surface area contributed by atoms with E-state index in [-0.39, 0.29) is 1.43 Å². The van der Waals surface area contributed by atoms with Crippen LogP contribution in [0.3, 0.4) is 0 Å². The van der Waals surface area contributed by atoms with Crippen LogP contribution in [-0.4, -0.2) is 5.25 Å². The maximum Gasteiger partial charge on any atom is 1.00 e. The van der Waals surface area contributed by atoms with Gasteiger partial charge in [0.1, 0.15) is 5.40 Å². The second-order valence-corrected chi connectivity index (χ2v) is 2.62. The van der Waals surface area contributed by atoms with Gasteiger partial charge in [-0.3, -0.25) is 0 Å². The van der Waals surface area contributed by atoms with Gasteiger partial charge in [0, 0.05) is 5.25 Å². The summed E-state index contributed by atoms with van der Waals surface area (Å²) in [6, 6.07) is 0. The van der Waals surface area contributed by atoms with Crippen LogP contribution in [0.25, 0.3) is 0 Å². The SMILES string of the molecule is CC(C)SC#N.[H+]. The van der Waals surface area contributed by atoms with Crippen LogP contribution in [0, 0.1) is 10.7 Å². The van der Waals surface area contributed by atoms with E-state index in [1.165, 1.54) is 11.8 Å². The topological polar surface area (TPSA) is 23.8 Å². The van der Waals surface area contributed by atoms with E-state index in [0.29, 0.717) is 5.25 Å². The van der Waals surface area contributed by atoms with Crippen LogP contribution >= 0.6 is 11.8 Å². The molecule has 34 valence electrons. The Morgan fingerprint density at radius 3 is 2.33 bits per heavy atom. The fourth-order valence-corrected chi connectivity index (χ4v) is 0.316. The molecule has 2 heteroatoms. The van der Waals surface area contributed by atoms with Crippen molar-refractivity contribution >= 4 is 11.8 Å². The van der Waals surface area contributed by atoms with Crippen LogP contribution < -0.4 is 0 Å². The number of nitriles is 1. The van der Waals surface area contributed by atoms with Crippen molar-refractivity contribution < 1.29 is 1.43 Å². The molecule has 0 saturated heterocycles. The summed E-state index contributed by atoms with van der Waals surface area (Å²) in [5.74, 6) is 0. The van der Waals surface area contributed by atoms with Crippen LogP contribution in [0.5, 0.6) is 0 Å². The molecule has 0 unspecified atom stereocenters. The second kappa shape index (κ2) is 3.05.